The summed E-state index contributed by atoms with van der Waals surface area (Å²) in [6.07, 6.45) is 1.53. The minimum Gasteiger partial charge on any atom is -0.354 e. The van der Waals surface area contributed by atoms with E-state index in [0.717, 1.165) is 33.1 Å². The zero-order valence-corrected chi connectivity index (χ0v) is 23.9. The fourth-order valence-corrected chi connectivity index (χ4v) is 5.29. The Hall–Kier alpha value is -3.70. The van der Waals surface area contributed by atoms with E-state index in [9.17, 15) is 9.59 Å². The summed E-state index contributed by atoms with van der Waals surface area (Å²) >= 11 is 3.56. The lowest BCUT2D eigenvalue weighted by atomic mass is 9.87. The number of halogens is 1. The van der Waals surface area contributed by atoms with Gasteiger partial charge in [-0.25, -0.2) is 0 Å². The highest BCUT2D eigenvalue weighted by Crippen LogP contribution is 2.30. The molecule has 39 heavy (non-hydrogen) atoms. The summed E-state index contributed by atoms with van der Waals surface area (Å²) in [5.41, 5.74) is 4.14. The van der Waals surface area contributed by atoms with Gasteiger partial charge in [0, 0.05) is 36.3 Å². The summed E-state index contributed by atoms with van der Waals surface area (Å²) < 4.78 is 0.939. The highest BCUT2D eigenvalue weighted by molar-refractivity contribution is 9.10. The van der Waals surface area contributed by atoms with E-state index in [1.54, 1.807) is 4.90 Å². The Labute approximate surface area is 240 Å². The molecule has 200 valence electrons. The summed E-state index contributed by atoms with van der Waals surface area (Å²) in [5, 5.41) is 3.06. The van der Waals surface area contributed by atoms with Gasteiger partial charge in [0.1, 0.15) is 6.04 Å². The Morgan fingerprint density at radius 2 is 1.33 bits per heavy atom. The maximum Gasteiger partial charge on any atom is 0.243 e. The van der Waals surface area contributed by atoms with Crippen molar-refractivity contribution in [1.82, 2.24) is 10.2 Å². The minimum atomic E-state index is -0.641. The molecule has 0 saturated carbocycles. The van der Waals surface area contributed by atoms with Gasteiger partial charge in [0.05, 0.1) is 0 Å². The molecule has 0 saturated heterocycles. The van der Waals surface area contributed by atoms with Gasteiger partial charge in [-0.05, 0) is 40.8 Å². The van der Waals surface area contributed by atoms with Crippen LogP contribution in [0.1, 0.15) is 47.9 Å². The molecule has 0 bridgehead atoms. The molecule has 0 fully saturated rings. The van der Waals surface area contributed by atoms with Crippen LogP contribution < -0.4 is 5.32 Å². The molecule has 0 aliphatic carbocycles. The molecule has 4 rings (SSSR count). The maximum absolute atomic E-state index is 14.3. The first-order valence-electron chi connectivity index (χ1n) is 13.5. The smallest absolute Gasteiger partial charge is 0.243 e. The van der Waals surface area contributed by atoms with Crippen molar-refractivity contribution in [3.05, 3.63) is 142 Å². The number of nitrogens with one attached hydrogen (secondary N) is 1. The Balaban J connectivity index is 1.72. The third kappa shape index (κ3) is 8.14. The maximum atomic E-state index is 14.3. The average Bonchev–Trinajstić information content (AvgIpc) is 2.97. The predicted octanol–water partition coefficient (Wildman–Crippen LogP) is 7.14. The second kappa shape index (κ2) is 14.5. The van der Waals surface area contributed by atoms with Crippen molar-refractivity contribution in [2.24, 2.45) is 0 Å². The topological polar surface area (TPSA) is 49.4 Å². The number of rotatable bonds is 12. The van der Waals surface area contributed by atoms with E-state index in [1.165, 1.54) is 0 Å². The second-order valence-electron chi connectivity index (χ2n) is 9.73. The fourth-order valence-electron chi connectivity index (χ4n) is 4.84. The first-order valence-corrected chi connectivity index (χ1v) is 14.3. The van der Waals surface area contributed by atoms with E-state index in [0.29, 0.717) is 19.5 Å². The van der Waals surface area contributed by atoms with E-state index in [1.807, 2.05) is 97.9 Å². The van der Waals surface area contributed by atoms with Crippen LogP contribution in [0.15, 0.2) is 120 Å². The Morgan fingerprint density at radius 1 is 0.769 bits per heavy atom. The Kier molecular flexibility index (Phi) is 10.5. The van der Waals surface area contributed by atoms with Crippen LogP contribution in [0.2, 0.25) is 0 Å². The third-order valence-corrected chi connectivity index (χ3v) is 7.34. The van der Waals surface area contributed by atoms with Crippen molar-refractivity contribution in [3.63, 3.8) is 0 Å². The van der Waals surface area contributed by atoms with Crippen molar-refractivity contribution in [3.8, 4) is 0 Å². The van der Waals surface area contributed by atoms with Crippen molar-refractivity contribution < 1.29 is 9.59 Å². The molecule has 0 radical (unpaired) electrons. The fraction of sp³-hybridized carbons (Fsp3) is 0.235. The number of benzene rings is 4. The second-order valence-corrected chi connectivity index (χ2v) is 10.6. The Bertz CT molecular complexity index is 1290. The molecule has 4 aromatic rings. The van der Waals surface area contributed by atoms with Crippen LogP contribution in [0, 0.1) is 0 Å². The molecule has 1 atom stereocenters. The van der Waals surface area contributed by atoms with E-state index in [-0.39, 0.29) is 24.2 Å². The summed E-state index contributed by atoms with van der Waals surface area (Å²) in [6, 6.07) is 37.5. The summed E-state index contributed by atoms with van der Waals surface area (Å²) in [7, 11) is 0. The van der Waals surface area contributed by atoms with E-state index >= 15 is 0 Å². The van der Waals surface area contributed by atoms with Crippen LogP contribution in [-0.4, -0.2) is 29.3 Å². The standard InChI is InChI=1S/C34H35BrN2O2/c1-2-21-36-34(39)32(23-26-13-6-3-7-14-26)37(25-27-15-12-20-30(35)22-27)33(38)24-31(28-16-8-4-9-17-28)29-18-10-5-11-19-29/h3-20,22,31-32H,2,21,23-25H2,1H3,(H,36,39). The molecule has 0 heterocycles. The lowest BCUT2D eigenvalue weighted by molar-refractivity contribution is -0.141. The van der Waals surface area contributed by atoms with Crippen LogP contribution in [0.5, 0.6) is 0 Å². The molecule has 1 N–H and O–H groups in total. The van der Waals surface area contributed by atoms with Gasteiger partial charge in [-0.3, -0.25) is 9.59 Å². The first kappa shape index (κ1) is 28.3. The number of hydrogen-bond acceptors (Lipinski definition) is 2. The first-order chi connectivity index (χ1) is 19.0. The summed E-state index contributed by atoms with van der Waals surface area (Å²) in [6.45, 7) is 2.94. The molecular formula is C34H35BrN2O2. The molecule has 0 aliphatic rings. The van der Waals surface area contributed by atoms with Crippen molar-refractivity contribution in [2.75, 3.05) is 6.54 Å². The monoisotopic (exact) mass is 582 g/mol. The van der Waals surface area contributed by atoms with Crippen LogP contribution in [-0.2, 0) is 22.6 Å². The van der Waals surface area contributed by atoms with Gasteiger partial charge in [-0.15, -0.1) is 0 Å². The molecule has 0 spiro atoms. The number of amides is 2. The molecule has 5 heteroatoms. The lowest BCUT2D eigenvalue weighted by Gasteiger charge is -2.33. The molecule has 4 nitrogen and oxygen atoms in total. The van der Waals surface area contributed by atoms with E-state index in [4.69, 9.17) is 0 Å². The average molecular weight is 584 g/mol. The van der Waals surface area contributed by atoms with Gasteiger partial charge in [0.15, 0.2) is 0 Å². The predicted molar refractivity (Wildman–Crippen MR) is 161 cm³/mol. The Morgan fingerprint density at radius 3 is 1.90 bits per heavy atom. The molecule has 2 amide bonds. The number of hydrogen-bond donors (Lipinski definition) is 1. The van der Waals surface area contributed by atoms with Crippen LogP contribution in [0.3, 0.4) is 0 Å². The van der Waals surface area contributed by atoms with Crippen LogP contribution in [0.25, 0.3) is 0 Å². The van der Waals surface area contributed by atoms with Crippen LogP contribution in [0.4, 0.5) is 0 Å². The number of nitrogens with zero attached hydrogens (tertiary/aromatic N) is 1. The zero-order valence-electron chi connectivity index (χ0n) is 22.3. The minimum absolute atomic E-state index is 0.0553. The summed E-state index contributed by atoms with van der Waals surface area (Å²) in [5.74, 6) is -0.304. The molecule has 0 aliphatic heterocycles. The molecule has 4 aromatic carbocycles. The van der Waals surface area contributed by atoms with Gasteiger partial charge >= 0.3 is 0 Å². The van der Waals surface area contributed by atoms with Gasteiger partial charge in [0.2, 0.25) is 11.8 Å². The highest BCUT2D eigenvalue weighted by Gasteiger charge is 2.32. The van der Waals surface area contributed by atoms with Gasteiger partial charge in [-0.2, -0.15) is 0 Å². The highest BCUT2D eigenvalue weighted by atomic mass is 79.9. The molecule has 0 aromatic heterocycles. The largest absolute Gasteiger partial charge is 0.354 e. The van der Waals surface area contributed by atoms with E-state index in [2.05, 4.69) is 45.5 Å². The van der Waals surface area contributed by atoms with Crippen molar-refractivity contribution >= 4 is 27.7 Å². The van der Waals surface area contributed by atoms with Gasteiger partial charge in [-0.1, -0.05) is 126 Å². The van der Waals surface area contributed by atoms with E-state index < -0.39 is 6.04 Å². The number of carbonyl (C=O) groups excluding carboxylic acids is 2. The molecular weight excluding hydrogens is 548 g/mol. The summed E-state index contributed by atoms with van der Waals surface area (Å²) in [4.78, 5) is 29.7. The molecule has 1 unspecified atom stereocenters. The quantitative estimate of drug-likeness (QED) is 0.193. The normalized spacial score (nSPS) is 11.7. The van der Waals surface area contributed by atoms with Crippen molar-refractivity contribution in [1.29, 1.82) is 0 Å². The SMILES string of the molecule is CCCNC(=O)C(Cc1ccccc1)N(Cc1cccc(Br)c1)C(=O)CC(c1ccccc1)c1ccccc1. The number of carbonyl (C=O) groups is 2. The van der Waals surface area contributed by atoms with Crippen LogP contribution >= 0.6 is 15.9 Å². The lowest BCUT2D eigenvalue weighted by Crippen LogP contribution is -2.50. The zero-order chi connectivity index (χ0) is 27.5. The third-order valence-electron chi connectivity index (χ3n) is 6.84. The van der Waals surface area contributed by atoms with Gasteiger partial charge < -0.3 is 10.2 Å². The van der Waals surface area contributed by atoms with Crippen molar-refractivity contribution in [2.45, 2.75) is 44.7 Å². The van der Waals surface area contributed by atoms with Gasteiger partial charge in [0.25, 0.3) is 0 Å².